The van der Waals surface area contributed by atoms with Crippen LogP contribution in [0.15, 0.2) is 66.7 Å². The van der Waals surface area contributed by atoms with Crippen LogP contribution in [-0.4, -0.2) is 14.2 Å². The highest BCUT2D eigenvalue weighted by atomic mass is 31.2. The van der Waals surface area contributed by atoms with E-state index in [4.69, 9.17) is 9.47 Å². The van der Waals surface area contributed by atoms with Crippen LogP contribution in [-0.2, 0) is 0 Å². The standard InChI is InChI=1S/C20H17O4P/c1-23-16-10-6-14(7-11-16)18-4-3-5-19(25(21)22)20(18)15-8-12-17(24-2)13-9-15/h3-13H,1-2H3/q-2. The first-order valence-corrected chi connectivity index (χ1v) is 8.88. The van der Waals surface area contributed by atoms with Crippen molar-refractivity contribution < 1.29 is 19.3 Å². The van der Waals surface area contributed by atoms with Gasteiger partial charge in [0.1, 0.15) is 11.5 Å². The maximum Gasteiger partial charge on any atom is 0.118 e. The molecule has 0 bridgehead atoms. The molecule has 4 nitrogen and oxygen atoms in total. The van der Waals surface area contributed by atoms with Gasteiger partial charge in [-0.3, -0.25) is 8.38 Å². The Balaban J connectivity index is 2.18. The lowest BCUT2D eigenvalue weighted by Crippen LogP contribution is -2.21. The maximum absolute atomic E-state index is 11.8. The van der Waals surface area contributed by atoms with Gasteiger partial charge in [0.05, 0.1) is 14.2 Å². The van der Waals surface area contributed by atoms with E-state index in [1.165, 1.54) is 0 Å². The van der Waals surface area contributed by atoms with E-state index in [0.717, 1.165) is 28.2 Å². The monoisotopic (exact) mass is 352 g/mol. The Kier molecular flexibility index (Phi) is 5.34. The minimum absolute atomic E-state index is 0.300. The number of hydrogen-bond acceptors (Lipinski definition) is 4. The SMILES string of the molecule is COc1ccc(-c2cccc(P([O-])[O-])c2-c2ccc(OC)cc2)cc1. The van der Waals surface area contributed by atoms with Crippen molar-refractivity contribution in [1.82, 2.24) is 0 Å². The lowest BCUT2D eigenvalue weighted by atomic mass is 9.94. The zero-order valence-electron chi connectivity index (χ0n) is 13.9. The van der Waals surface area contributed by atoms with E-state index in [2.05, 4.69) is 0 Å². The van der Waals surface area contributed by atoms with Crippen LogP contribution in [0.5, 0.6) is 11.5 Å². The van der Waals surface area contributed by atoms with Crippen LogP contribution in [0.1, 0.15) is 0 Å². The fourth-order valence-corrected chi connectivity index (χ4v) is 3.40. The molecular formula is C20H17O4P-2. The number of methoxy groups -OCH3 is 2. The lowest BCUT2D eigenvalue weighted by molar-refractivity contribution is -0.287. The predicted octanol–water partition coefficient (Wildman–Crippen LogP) is 2.70. The van der Waals surface area contributed by atoms with Gasteiger partial charge < -0.3 is 19.3 Å². The van der Waals surface area contributed by atoms with Gasteiger partial charge in [0.25, 0.3) is 0 Å². The Bertz CT molecular complexity index is 843. The Hall–Kier alpha value is -2.39. The summed E-state index contributed by atoms with van der Waals surface area (Å²) in [6.45, 7) is 0. The van der Waals surface area contributed by atoms with Crippen LogP contribution in [0, 0.1) is 0 Å². The Morgan fingerprint density at radius 1 is 0.680 bits per heavy atom. The summed E-state index contributed by atoms with van der Waals surface area (Å²) in [6, 6.07) is 20.2. The van der Waals surface area contributed by atoms with Crippen molar-refractivity contribution in [3.05, 3.63) is 66.7 Å². The van der Waals surface area contributed by atoms with Crippen LogP contribution in [0.3, 0.4) is 0 Å². The zero-order valence-corrected chi connectivity index (χ0v) is 14.8. The van der Waals surface area contributed by atoms with Crippen molar-refractivity contribution in [2.24, 2.45) is 0 Å². The minimum Gasteiger partial charge on any atom is -0.838 e. The van der Waals surface area contributed by atoms with Gasteiger partial charge in [0.2, 0.25) is 0 Å². The number of rotatable bonds is 5. The molecule has 3 aromatic carbocycles. The van der Waals surface area contributed by atoms with Crippen LogP contribution in [0.2, 0.25) is 0 Å². The summed E-state index contributed by atoms with van der Waals surface area (Å²) in [5.41, 5.74) is 3.28. The maximum atomic E-state index is 11.8. The minimum atomic E-state index is -2.72. The third kappa shape index (κ3) is 3.67. The number of benzene rings is 3. The molecule has 5 heteroatoms. The Morgan fingerprint density at radius 3 is 1.68 bits per heavy atom. The molecule has 0 atom stereocenters. The number of ether oxygens (including phenoxy) is 2. The van der Waals surface area contributed by atoms with Gasteiger partial charge in [-0.25, -0.2) is 0 Å². The second-order valence-corrected chi connectivity index (χ2v) is 6.41. The molecule has 0 aromatic heterocycles. The van der Waals surface area contributed by atoms with Gasteiger partial charge in [0, 0.05) is 0 Å². The van der Waals surface area contributed by atoms with E-state index in [1.54, 1.807) is 26.4 Å². The molecule has 0 aliphatic rings. The molecule has 3 rings (SSSR count). The van der Waals surface area contributed by atoms with Gasteiger partial charge in [0.15, 0.2) is 0 Å². The average molecular weight is 352 g/mol. The van der Waals surface area contributed by atoms with Gasteiger partial charge in [-0.2, -0.15) is 0 Å². The third-order valence-electron chi connectivity index (χ3n) is 4.02. The fraction of sp³-hybridized carbons (Fsp3) is 0.100. The first-order chi connectivity index (χ1) is 12.1. The first kappa shape index (κ1) is 17.4. The van der Waals surface area contributed by atoms with Crippen molar-refractivity contribution in [3.8, 4) is 33.8 Å². The van der Waals surface area contributed by atoms with Crippen LogP contribution >= 0.6 is 8.38 Å². The molecule has 0 amide bonds. The molecule has 3 aromatic rings. The summed E-state index contributed by atoms with van der Waals surface area (Å²) in [6.07, 6.45) is 0. The molecule has 25 heavy (non-hydrogen) atoms. The van der Waals surface area contributed by atoms with Gasteiger partial charge in [-0.1, -0.05) is 42.5 Å². The first-order valence-electron chi connectivity index (χ1n) is 7.70. The summed E-state index contributed by atoms with van der Waals surface area (Å²) in [7, 11) is 0.486. The van der Waals surface area contributed by atoms with Crippen molar-refractivity contribution in [3.63, 3.8) is 0 Å². The van der Waals surface area contributed by atoms with Gasteiger partial charge in [-0.05, 0) is 51.8 Å². The van der Waals surface area contributed by atoms with Crippen molar-refractivity contribution in [2.45, 2.75) is 0 Å². The molecule has 0 spiro atoms. The normalized spacial score (nSPS) is 10.8. The second-order valence-electron chi connectivity index (χ2n) is 5.41. The van der Waals surface area contributed by atoms with E-state index in [0.29, 0.717) is 10.9 Å². The van der Waals surface area contributed by atoms with Crippen molar-refractivity contribution in [1.29, 1.82) is 0 Å². The topological polar surface area (TPSA) is 64.6 Å². The lowest BCUT2D eigenvalue weighted by Gasteiger charge is -2.34. The van der Waals surface area contributed by atoms with Crippen LogP contribution < -0.4 is 24.6 Å². The molecule has 0 heterocycles. The van der Waals surface area contributed by atoms with E-state index in [9.17, 15) is 9.79 Å². The smallest absolute Gasteiger partial charge is 0.118 e. The molecule has 0 unspecified atom stereocenters. The molecule has 0 fully saturated rings. The highest BCUT2D eigenvalue weighted by molar-refractivity contribution is 7.51. The van der Waals surface area contributed by atoms with Gasteiger partial charge in [-0.15, -0.1) is 0 Å². The van der Waals surface area contributed by atoms with E-state index in [-0.39, 0.29) is 0 Å². The number of hydrogen-bond donors (Lipinski definition) is 0. The summed E-state index contributed by atoms with van der Waals surface area (Å²) < 4.78 is 10.4. The molecule has 0 radical (unpaired) electrons. The second kappa shape index (κ2) is 7.66. The fourth-order valence-electron chi connectivity index (χ4n) is 2.76. The summed E-state index contributed by atoms with van der Waals surface area (Å²) in [5.74, 6) is 1.47. The molecule has 128 valence electrons. The van der Waals surface area contributed by atoms with Gasteiger partial charge >= 0.3 is 0 Å². The molecule has 0 N–H and O–H groups in total. The highest BCUT2D eigenvalue weighted by Crippen LogP contribution is 2.35. The molecule has 0 aliphatic carbocycles. The van der Waals surface area contributed by atoms with E-state index < -0.39 is 8.38 Å². The zero-order chi connectivity index (χ0) is 17.8. The van der Waals surface area contributed by atoms with Crippen LogP contribution in [0.4, 0.5) is 0 Å². The average Bonchev–Trinajstić information content (AvgIpc) is 2.67. The Morgan fingerprint density at radius 2 is 1.20 bits per heavy atom. The summed E-state index contributed by atoms with van der Waals surface area (Å²) >= 11 is 0. The van der Waals surface area contributed by atoms with Crippen molar-refractivity contribution >= 4 is 13.7 Å². The van der Waals surface area contributed by atoms with E-state index in [1.807, 2.05) is 54.6 Å². The highest BCUT2D eigenvalue weighted by Gasteiger charge is 2.11. The summed E-state index contributed by atoms with van der Waals surface area (Å²) in [5, 5.41) is 0.300. The van der Waals surface area contributed by atoms with Crippen LogP contribution in [0.25, 0.3) is 22.3 Å². The molecule has 0 aliphatic heterocycles. The third-order valence-corrected chi connectivity index (χ3v) is 4.78. The predicted molar refractivity (Wildman–Crippen MR) is 97.0 cm³/mol. The summed E-state index contributed by atoms with van der Waals surface area (Å²) in [4.78, 5) is 23.6. The quantitative estimate of drug-likeness (QED) is 0.662. The van der Waals surface area contributed by atoms with E-state index >= 15 is 0 Å². The molecule has 0 saturated carbocycles. The van der Waals surface area contributed by atoms with Crippen molar-refractivity contribution in [2.75, 3.05) is 14.2 Å². The molecule has 0 saturated heterocycles. The largest absolute Gasteiger partial charge is 0.838 e. The molecular weight excluding hydrogens is 335 g/mol. The Labute approximate surface area is 148 Å².